The molecule has 0 aromatic heterocycles. The molecule has 0 aromatic carbocycles. The molecular formula is C18H33N3O2. The molecule has 3 amide bonds. The highest BCUT2D eigenvalue weighted by Crippen LogP contribution is 2.18. The molecule has 0 spiro atoms. The van der Waals surface area contributed by atoms with Crippen molar-refractivity contribution in [2.45, 2.75) is 71.3 Å². The van der Waals surface area contributed by atoms with Crippen LogP contribution in [-0.2, 0) is 4.79 Å². The number of hydrogen-bond acceptors (Lipinski definition) is 2. The normalized spacial score (nSPS) is 20.5. The quantitative estimate of drug-likeness (QED) is 0.864. The summed E-state index contributed by atoms with van der Waals surface area (Å²) in [4.78, 5) is 28.8. The van der Waals surface area contributed by atoms with E-state index < -0.39 is 0 Å². The van der Waals surface area contributed by atoms with Crippen LogP contribution in [-0.4, -0.2) is 54.0 Å². The van der Waals surface area contributed by atoms with Crippen LogP contribution in [0.25, 0.3) is 0 Å². The Balaban J connectivity index is 1.82. The Morgan fingerprint density at radius 3 is 2.17 bits per heavy atom. The van der Waals surface area contributed by atoms with Gasteiger partial charge < -0.3 is 15.1 Å². The third-order valence-electron chi connectivity index (χ3n) is 5.36. The zero-order valence-corrected chi connectivity index (χ0v) is 14.9. The Hall–Kier alpha value is -1.26. The van der Waals surface area contributed by atoms with E-state index in [1.165, 1.54) is 19.3 Å². The predicted molar refractivity (Wildman–Crippen MR) is 92.2 cm³/mol. The van der Waals surface area contributed by atoms with Crippen molar-refractivity contribution in [2.75, 3.05) is 26.2 Å². The minimum Gasteiger partial charge on any atom is -0.341 e. The molecule has 5 heteroatoms. The van der Waals surface area contributed by atoms with Crippen LogP contribution < -0.4 is 5.32 Å². The maximum absolute atomic E-state index is 12.5. The highest BCUT2D eigenvalue weighted by Gasteiger charge is 2.26. The van der Waals surface area contributed by atoms with Crippen LogP contribution in [0.5, 0.6) is 0 Å². The fourth-order valence-electron chi connectivity index (χ4n) is 3.75. The van der Waals surface area contributed by atoms with Crippen molar-refractivity contribution < 1.29 is 9.59 Å². The SMILES string of the molecule is CCC(CC)C(=O)N1CCCN(C(=O)NC2CCCCC2)CC1. The van der Waals surface area contributed by atoms with Crippen LogP contribution in [0.1, 0.15) is 65.2 Å². The van der Waals surface area contributed by atoms with Gasteiger partial charge in [0.2, 0.25) is 5.91 Å². The first kappa shape index (κ1) is 18.1. The Bertz CT molecular complexity index is 390. The number of rotatable bonds is 4. The fourth-order valence-corrected chi connectivity index (χ4v) is 3.75. The third-order valence-corrected chi connectivity index (χ3v) is 5.36. The lowest BCUT2D eigenvalue weighted by Gasteiger charge is -2.28. The average Bonchev–Trinajstić information content (AvgIpc) is 2.83. The second-order valence-electron chi connectivity index (χ2n) is 6.96. The summed E-state index contributed by atoms with van der Waals surface area (Å²) < 4.78 is 0. The molecule has 1 saturated heterocycles. The van der Waals surface area contributed by atoms with Gasteiger partial charge in [0.1, 0.15) is 0 Å². The van der Waals surface area contributed by atoms with Crippen molar-refractivity contribution in [1.82, 2.24) is 15.1 Å². The largest absolute Gasteiger partial charge is 0.341 e. The Morgan fingerprint density at radius 1 is 0.913 bits per heavy atom. The molecule has 0 unspecified atom stereocenters. The van der Waals surface area contributed by atoms with Crippen molar-refractivity contribution in [3.8, 4) is 0 Å². The van der Waals surface area contributed by atoms with Gasteiger partial charge in [0.05, 0.1) is 0 Å². The average molecular weight is 323 g/mol. The fraction of sp³-hybridized carbons (Fsp3) is 0.889. The van der Waals surface area contributed by atoms with E-state index >= 15 is 0 Å². The highest BCUT2D eigenvalue weighted by atomic mass is 16.2. The molecule has 0 radical (unpaired) electrons. The van der Waals surface area contributed by atoms with Gasteiger partial charge in [0.25, 0.3) is 0 Å². The van der Waals surface area contributed by atoms with Gasteiger partial charge in [0, 0.05) is 38.1 Å². The third kappa shape index (κ3) is 5.11. The molecule has 2 aliphatic rings. The van der Waals surface area contributed by atoms with Gasteiger partial charge in [0.15, 0.2) is 0 Å². The number of nitrogens with one attached hydrogen (secondary N) is 1. The van der Waals surface area contributed by atoms with E-state index in [0.717, 1.165) is 45.2 Å². The van der Waals surface area contributed by atoms with Crippen LogP contribution in [0, 0.1) is 5.92 Å². The highest BCUT2D eigenvalue weighted by molar-refractivity contribution is 5.79. The molecule has 1 aliphatic carbocycles. The van der Waals surface area contributed by atoms with E-state index in [-0.39, 0.29) is 17.9 Å². The van der Waals surface area contributed by atoms with Gasteiger partial charge in [-0.2, -0.15) is 0 Å². The van der Waals surface area contributed by atoms with Crippen LogP contribution in [0.3, 0.4) is 0 Å². The minimum atomic E-state index is 0.0636. The summed E-state index contributed by atoms with van der Waals surface area (Å²) in [5.74, 6) is 0.405. The van der Waals surface area contributed by atoms with Crippen molar-refractivity contribution in [3.05, 3.63) is 0 Å². The zero-order chi connectivity index (χ0) is 16.7. The number of carbonyl (C=O) groups excluding carboxylic acids is 2. The van der Waals surface area contributed by atoms with E-state index in [9.17, 15) is 9.59 Å². The molecule has 2 rings (SSSR count). The molecule has 1 N–H and O–H groups in total. The van der Waals surface area contributed by atoms with Crippen molar-refractivity contribution in [1.29, 1.82) is 0 Å². The van der Waals surface area contributed by atoms with Crippen molar-refractivity contribution in [2.24, 2.45) is 5.92 Å². The van der Waals surface area contributed by atoms with Gasteiger partial charge in [-0.15, -0.1) is 0 Å². The standard InChI is InChI=1S/C18H33N3O2/c1-3-15(4-2)17(22)20-11-8-12-21(14-13-20)18(23)19-16-9-6-5-7-10-16/h15-16H,3-14H2,1-2H3,(H,19,23). The predicted octanol–water partition coefficient (Wildman–Crippen LogP) is 3.00. The molecule has 5 nitrogen and oxygen atoms in total. The molecule has 0 atom stereocenters. The molecule has 23 heavy (non-hydrogen) atoms. The van der Waals surface area contributed by atoms with E-state index in [0.29, 0.717) is 19.1 Å². The topological polar surface area (TPSA) is 52.7 Å². The Kier molecular flexibility index (Phi) is 7.18. The summed E-state index contributed by atoms with van der Waals surface area (Å²) in [6, 6.07) is 0.413. The minimum absolute atomic E-state index is 0.0636. The Morgan fingerprint density at radius 2 is 1.52 bits per heavy atom. The first-order valence-corrected chi connectivity index (χ1v) is 9.49. The van der Waals surface area contributed by atoms with Gasteiger partial charge in [-0.1, -0.05) is 33.1 Å². The first-order chi connectivity index (χ1) is 11.2. The Labute approximate surface area is 140 Å². The summed E-state index contributed by atoms with van der Waals surface area (Å²) in [7, 11) is 0. The van der Waals surface area contributed by atoms with Gasteiger partial charge in [-0.05, 0) is 32.1 Å². The monoisotopic (exact) mass is 323 g/mol. The molecule has 0 aromatic rings. The maximum atomic E-state index is 12.5. The molecular weight excluding hydrogens is 290 g/mol. The van der Waals surface area contributed by atoms with Crippen LogP contribution in [0.2, 0.25) is 0 Å². The van der Waals surface area contributed by atoms with Crippen LogP contribution in [0.4, 0.5) is 4.79 Å². The number of carbonyl (C=O) groups is 2. The lowest BCUT2D eigenvalue weighted by atomic mass is 9.96. The molecule has 0 bridgehead atoms. The maximum Gasteiger partial charge on any atom is 0.317 e. The second-order valence-corrected chi connectivity index (χ2v) is 6.96. The molecule has 1 heterocycles. The van der Waals surface area contributed by atoms with E-state index in [1.807, 2.05) is 9.80 Å². The second kappa shape index (κ2) is 9.14. The van der Waals surface area contributed by atoms with Gasteiger partial charge >= 0.3 is 6.03 Å². The lowest BCUT2D eigenvalue weighted by molar-refractivity contribution is -0.135. The molecule has 2 fully saturated rings. The first-order valence-electron chi connectivity index (χ1n) is 9.49. The summed E-state index contributed by atoms with van der Waals surface area (Å²) >= 11 is 0. The van der Waals surface area contributed by atoms with Gasteiger partial charge in [-0.25, -0.2) is 4.79 Å². The number of nitrogens with zero attached hydrogens (tertiary/aromatic N) is 2. The summed E-state index contributed by atoms with van der Waals surface area (Å²) in [6.07, 6.45) is 8.64. The van der Waals surface area contributed by atoms with Crippen molar-refractivity contribution in [3.63, 3.8) is 0 Å². The van der Waals surface area contributed by atoms with E-state index in [2.05, 4.69) is 19.2 Å². The van der Waals surface area contributed by atoms with Crippen LogP contribution in [0.15, 0.2) is 0 Å². The van der Waals surface area contributed by atoms with Gasteiger partial charge in [-0.3, -0.25) is 4.79 Å². The zero-order valence-electron chi connectivity index (χ0n) is 14.9. The summed E-state index contributed by atoms with van der Waals surface area (Å²) in [5.41, 5.74) is 0. The molecule has 1 saturated carbocycles. The number of hydrogen-bond donors (Lipinski definition) is 1. The smallest absolute Gasteiger partial charge is 0.317 e. The van der Waals surface area contributed by atoms with Crippen LogP contribution >= 0.6 is 0 Å². The molecule has 1 aliphatic heterocycles. The number of urea groups is 1. The summed E-state index contributed by atoms with van der Waals surface area (Å²) in [5, 5.41) is 3.19. The number of amides is 3. The molecule has 132 valence electrons. The van der Waals surface area contributed by atoms with E-state index in [1.54, 1.807) is 0 Å². The van der Waals surface area contributed by atoms with Crippen molar-refractivity contribution >= 4 is 11.9 Å². The lowest BCUT2D eigenvalue weighted by Crippen LogP contribution is -2.47. The van der Waals surface area contributed by atoms with E-state index in [4.69, 9.17) is 0 Å². The summed E-state index contributed by atoms with van der Waals surface area (Å²) in [6.45, 7) is 7.02.